The fraction of sp³-hybridized carbons (Fsp3) is 0.600. The molecule has 0 aromatic heterocycles. The van der Waals surface area contributed by atoms with Crippen molar-refractivity contribution < 1.29 is 14.2 Å². The Balaban J connectivity index is 2.25. The van der Waals surface area contributed by atoms with Gasteiger partial charge in [0.1, 0.15) is 5.75 Å². The van der Waals surface area contributed by atoms with Gasteiger partial charge < -0.3 is 14.2 Å². The van der Waals surface area contributed by atoms with Crippen LogP contribution in [0, 0.1) is 5.41 Å². The van der Waals surface area contributed by atoms with Crippen molar-refractivity contribution in [3.8, 4) is 5.75 Å². The van der Waals surface area contributed by atoms with Crippen LogP contribution in [0.1, 0.15) is 44.9 Å². The Labute approximate surface area is 109 Å². The van der Waals surface area contributed by atoms with Gasteiger partial charge in [-0.1, -0.05) is 32.9 Å². The molecule has 100 valence electrons. The van der Waals surface area contributed by atoms with Crippen molar-refractivity contribution in [3.63, 3.8) is 0 Å². The van der Waals surface area contributed by atoms with E-state index in [0.29, 0.717) is 20.0 Å². The second-order valence-corrected chi connectivity index (χ2v) is 5.64. The molecule has 1 unspecified atom stereocenters. The highest BCUT2D eigenvalue weighted by Crippen LogP contribution is 2.46. The zero-order valence-corrected chi connectivity index (χ0v) is 11.7. The normalized spacial score (nSPS) is 18.8. The van der Waals surface area contributed by atoms with Gasteiger partial charge in [-0.2, -0.15) is 0 Å². The summed E-state index contributed by atoms with van der Waals surface area (Å²) in [7, 11) is 0. The summed E-state index contributed by atoms with van der Waals surface area (Å²) in [5.74, 6) is 0.887. The van der Waals surface area contributed by atoms with Crippen molar-refractivity contribution in [2.24, 2.45) is 5.41 Å². The van der Waals surface area contributed by atoms with Crippen molar-refractivity contribution in [1.29, 1.82) is 0 Å². The maximum Gasteiger partial charge on any atom is 0.189 e. The number of hydrogen-bond acceptors (Lipinski definition) is 3. The Bertz CT molecular complexity index is 407. The van der Waals surface area contributed by atoms with Gasteiger partial charge in [0.05, 0.1) is 12.7 Å². The summed E-state index contributed by atoms with van der Waals surface area (Å²) in [6.45, 7) is 10.1. The summed E-state index contributed by atoms with van der Waals surface area (Å²) in [4.78, 5) is 0. The maximum atomic E-state index is 5.91. The van der Waals surface area contributed by atoms with Crippen LogP contribution in [0.5, 0.6) is 5.75 Å². The molecule has 0 saturated carbocycles. The molecule has 0 amide bonds. The molecule has 0 fully saturated rings. The maximum absolute atomic E-state index is 5.91. The fourth-order valence-corrected chi connectivity index (χ4v) is 2.27. The molecule has 0 aliphatic carbocycles. The number of ether oxygens (including phenoxy) is 3. The number of rotatable bonds is 4. The fourth-order valence-electron chi connectivity index (χ4n) is 2.27. The molecule has 3 nitrogen and oxygen atoms in total. The van der Waals surface area contributed by atoms with Crippen LogP contribution < -0.4 is 4.74 Å². The molecule has 0 bridgehead atoms. The van der Waals surface area contributed by atoms with Gasteiger partial charge in [-0.3, -0.25) is 0 Å². The van der Waals surface area contributed by atoms with E-state index in [0.717, 1.165) is 5.75 Å². The first kappa shape index (κ1) is 13.4. The largest absolute Gasteiger partial charge is 0.467 e. The van der Waals surface area contributed by atoms with Crippen molar-refractivity contribution in [1.82, 2.24) is 0 Å². The molecule has 0 N–H and O–H groups in total. The molecule has 1 aromatic rings. The van der Waals surface area contributed by atoms with E-state index in [-0.39, 0.29) is 11.5 Å². The molecule has 0 saturated heterocycles. The van der Waals surface area contributed by atoms with Crippen LogP contribution >= 0.6 is 0 Å². The number of hydrogen-bond donors (Lipinski definition) is 0. The van der Waals surface area contributed by atoms with E-state index >= 15 is 0 Å². The lowest BCUT2D eigenvalue weighted by Gasteiger charge is -2.28. The molecule has 1 aliphatic rings. The quantitative estimate of drug-likeness (QED) is 0.602. The minimum absolute atomic E-state index is 0.0658. The number of fused-ring (bicyclic) bond motifs is 1. The van der Waals surface area contributed by atoms with Gasteiger partial charge in [0, 0.05) is 12.2 Å². The molecule has 1 aliphatic heterocycles. The molecular weight excluding hydrogens is 228 g/mol. The first-order chi connectivity index (χ1) is 8.54. The summed E-state index contributed by atoms with van der Waals surface area (Å²) >= 11 is 0. The van der Waals surface area contributed by atoms with Crippen molar-refractivity contribution in [3.05, 3.63) is 29.3 Å². The molecule has 3 heteroatoms. The third-order valence-corrected chi connectivity index (χ3v) is 3.11. The third kappa shape index (κ3) is 2.68. The summed E-state index contributed by atoms with van der Waals surface area (Å²) < 4.78 is 16.9. The lowest BCUT2D eigenvalue weighted by molar-refractivity contribution is -0.0131. The molecule has 1 atom stereocenters. The molecule has 18 heavy (non-hydrogen) atoms. The van der Waals surface area contributed by atoms with E-state index in [1.165, 1.54) is 11.1 Å². The van der Waals surface area contributed by atoms with Gasteiger partial charge in [0.15, 0.2) is 6.79 Å². The van der Waals surface area contributed by atoms with Crippen LogP contribution in [-0.4, -0.2) is 13.4 Å². The highest BCUT2D eigenvalue weighted by atomic mass is 16.7. The second kappa shape index (κ2) is 5.29. The Hall–Kier alpha value is -1.06. The molecule has 0 radical (unpaired) electrons. The highest BCUT2D eigenvalue weighted by Gasteiger charge is 2.35. The molecule has 2 rings (SSSR count). The molecule has 1 heterocycles. The van der Waals surface area contributed by atoms with E-state index in [1.807, 2.05) is 19.1 Å². The SMILES string of the molecule is CCOCOc1cccc2c1C(C(C)(C)C)OC2. The van der Waals surface area contributed by atoms with Gasteiger partial charge in [-0.25, -0.2) is 0 Å². The van der Waals surface area contributed by atoms with Gasteiger partial charge >= 0.3 is 0 Å². The topological polar surface area (TPSA) is 27.7 Å². The van der Waals surface area contributed by atoms with Gasteiger partial charge in [-0.05, 0) is 24.0 Å². The van der Waals surface area contributed by atoms with Crippen LogP contribution in [0.15, 0.2) is 18.2 Å². The number of benzene rings is 1. The Morgan fingerprint density at radius 1 is 1.33 bits per heavy atom. The Kier molecular flexibility index (Phi) is 3.93. The van der Waals surface area contributed by atoms with E-state index < -0.39 is 0 Å². The first-order valence-corrected chi connectivity index (χ1v) is 6.48. The van der Waals surface area contributed by atoms with Gasteiger partial charge in [-0.15, -0.1) is 0 Å². The summed E-state index contributed by atoms with van der Waals surface area (Å²) in [6, 6.07) is 6.11. The monoisotopic (exact) mass is 250 g/mol. The standard InChI is InChI=1S/C15H22O3/c1-5-16-10-18-12-8-6-7-11-9-17-14(13(11)12)15(2,3)4/h6-8,14H,5,9-10H2,1-4H3. The molecular formula is C15H22O3. The second-order valence-electron chi connectivity index (χ2n) is 5.64. The minimum atomic E-state index is 0.0658. The van der Waals surface area contributed by atoms with Crippen molar-refractivity contribution in [2.75, 3.05) is 13.4 Å². The molecule has 0 spiro atoms. The summed E-state index contributed by atoms with van der Waals surface area (Å²) in [6.07, 6.45) is 0.0883. The summed E-state index contributed by atoms with van der Waals surface area (Å²) in [5.41, 5.74) is 2.48. The van der Waals surface area contributed by atoms with E-state index in [9.17, 15) is 0 Å². The predicted octanol–water partition coefficient (Wildman–Crippen LogP) is 3.68. The lowest BCUT2D eigenvalue weighted by atomic mass is 9.84. The van der Waals surface area contributed by atoms with Gasteiger partial charge in [0.2, 0.25) is 0 Å². The average Bonchev–Trinajstić information content (AvgIpc) is 2.73. The molecule has 1 aromatic carbocycles. The van der Waals surface area contributed by atoms with Crippen LogP contribution in [0.3, 0.4) is 0 Å². The van der Waals surface area contributed by atoms with Gasteiger partial charge in [0.25, 0.3) is 0 Å². The zero-order valence-electron chi connectivity index (χ0n) is 11.7. The first-order valence-electron chi connectivity index (χ1n) is 6.48. The van der Waals surface area contributed by atoms with Crippen molar-refractivity contribution >= 4 is 0 Å². The zero-order chi connectivity index (χ0) is 13.2. The third-order valence-electron chi connectivity index (χ3n) is 3.11. The Morgan fingerprint density at radius 3 is 2.78 bits per heavy atom. The average molecular weight is 250 g/mol. The lowest BCUT2D eigenvalue weighted by Crippen LogP contribution is -2.18. The smallest absolute Gasteiger partial charge is 0.189 e. The van der Waals surface area contributed by atoms with Crippen molar-refractivity contribution in [2.45, 2.75) is 40.4 Å². The highest BCUT2D eigenvalue weighted by molar-refractivity contribution is 5.44. The van der Waals surface area contributed by atoms with Crippen LogP contribution in [-0.2, 0) is 16.1 Å². The van der Waals surface area contributed by atoms with E-state index in [4.69, 9.17) is 14.2 Å². The van der Waals surface area contributed by atoms with Crippen LogP contribution in [0.4, 0.5) is 0 Å². The van der Waals surface area contributed by atoms with Crippen LogP contribution in [0.2, 0.25) is 0 Å². The van der Waals surface area contributed by atoms with Crippen LogP contribution in [0.25, 0.3) is 0 Å². The Morgan fingerprint density at radius 2 is 2.11 bits per heavy atom. The van der Waals surface area contributed by atoms with E-state index in [2.05, 4.69) is 26.8 Å². The minimum Gasteiger partial charge on any atom is -0.467 e. The predicted molar refractivity (Wildman–Crippen MR) is 70.5 cm³/mol. The summed E-state index contributed by atoms with van der Waals surface area (Å²) in [5, 5.41) is 0. The van der Waals surface area contributed by atoms with E-state index in [1.54, 1.807) is 0 Å².